The summed E-state index contributed by atoms with van der Waals surface area (Å²) < 4.78 is 5.28. The van der Waals surface area contributed by atoms with E-state index in [2.05, 4.69) is 10.6 Å². The van der Waals surface area contributed by atoms with E-state index in [1.54, 1.807) is 24.1 Å². The molecule has 0 spiro atoms. The average molecular weight is 276 g/mol. The van der Waals surface area contributed by atoms with Crippen molar-refractivity contribution in [1.82, 2.24) is 4.90 Å². The van der Waals surface area contributed by atoms with Crippen LogP contribution in [0.1, 0.15) is 6.42 Å². The molecule has 2 amide bonds. The highest BCUT2D eigenvalue weighted by molar-refractivity contribution is 5.97. The highest BCUT2D eigenvalue weighted by atomic mass is 16.5. The summed E-state index contributed by atoms with van der Waals surface area (Å²) in [4.78, 5) is 24.9. The van der Waals surface area contributed by atoms with E-state index in [-0.39, 0.29) is 24.5 Å². The quantitative estimate of drug-likeness (QED) is 0.672. The third-order valence-electron chi connectivity index (χ3n) is 3.54. The highest BCUT2D eigenvalue weighted by Crippen LogP contribution is 2.35. The molecule has 1 aromatic rings. The van der Waals surface area contributed by atoms with Crippen LogP contribution in [0.2, 0.25) is 0 Å². The molecule has 2 aliphatic rings. The van der Waals surface area contributed by atoms with Gasteiger partial charge in [0, 0.05) is 19.7 Å². The minimum atomic E-state index is -0.277. The van der Waals surface area contributed by atoms with Gasteiger partial charge in [0.25, 0.3) is 5.91 Å². The number of nitrogens with two attached hydrogens (primary N) is 1. The van der Waals surface area contributed by atoms with Gasteiger partial charge in [0.05, 0.1) is 17.1 Å². The first-order valence-electron chi connectivity index (χ1n) is 6.42. The van der Waals surface area contributed by atoms with Gasteiger partial charge < -0.3 is 26.0 Å². The summed E-state index contributed by atoms with van der Waals surface area (Å²) in [6.45, 7) is 0.715. The van der Waals surface area contributed by atoms with Gasteiger partial charge in [-0.3, -0.25) is 9.59 Å². The highest BCUT2D eigenvalue weighted by Gasteiger charge is 2.29. The van der Waals surface area contributed by atoms with E-state index in [1.807, 2.05) is 0 Å². The number of benzene rings is 1. The molecule has 3 rings (SSSR count). The number of likely N-dealkylation sites (tertiary alicyclic amines) is 1. The molecule has 0 radical (unpaired) electrons. The van der Waals surface area contributed by atoms with Crippen LogP contribution in [0.15, 0.2) is 12.1 Å². The lowest BCUT2D eigenvalue weighted by Crippen LogP contribution is -2.31. The van der Waals surface area contributed by atoms with Crippen LogP contribution in [0.5, 0.6) is 5.75 Å². The summed E-state index contributed by atoms with van der Waals surface area (Å²) in [7, 11) is 1.77. The Labute approximate surface area is 116 Å². The number of amides is 2. The molecule has 7 nitrogen and oxygen atoms in total. The summed E-state index contributed by atoms with van der Waals surface area (Å²) in [6.07, 6.45) is 0.731. The molecule has 0 bridgehead atoms. The molecule has 1 aromatic carbocycles. The van der Waals surface area contributed by atoms with Gasteiger partial charge in [-0.2, -0.15) is 0 Å². The summed E-state index contributed by atoms with van der Waals surface area (Å²) >= 11 is 0. The van der Waals surface area contributed by atoms with Crippen LogP contribution in [0.25, 0.3) is 0 Å². The second-order valence-electron chi connectivity index (χ2n) is 5.02. The number of nitrogens with one attached hydrogen (secondary N) is 2. The molecule has 1 saturated heterocycles. The van der Waals surface area contributed by atoms with Crippen molar-refractivity contribution in [2.75, 3.05) is 36.6 Å². The number of rotatable bonds is 2. The summed E-state index contributed by atoms with van der Waals surface area (Å²) in [5.74, 6) is 0.384. The van der Waals surface area contributed by atoms with Crippen LogP contribution in [-0.4, -0.2) is 43.0 Å². The molecule has 0 aliphatic carbocycles. The van der Waals surface area contributed by atoms with Crippen LogP contribution < -0.4 is 21.1 Å². The Bertz CT molecular complexity index is 587. The zero-order chi connectivity index (χ0) is 14.3. The number of hydrogen-bond acceptors (Lipinski definition) is 5. The van der Waals surface area contributed by atoms with Crippen LogP contribution in [0.4, 0.5) is 17.1 Å². The summed E-state index contributed by atoms with van der Waals surface area (Å²) in [5.41, 5.74) is 7.64. The van der Waals surface area contributed by atoms with E-state index in [0.29, 0.717) is 22.8 Å². The molecule has 2 aliphatic heterocycles. The fraction of sp³-hybridized carbons (Fsp3) is 0.385. The van der Waals surface area contributed by atoms with Crippen molar-refractivity contribution in [3.05, 3.63) is 12.1 Å². The first-order valence-corrected chi connectivity index (χ1v) is 6.42. The molecular weight excluding hydrogens is 260 g/mol. The lowest BCUT2D eigenvalue weighted by atomic mass is 10.1. The number of hydrogen-bond donors (Lipinski definition) is 3. The monoisotopic (exact) mass is 276 g/mol. The number of carbonyl (C=O) groups excluding carboxylic acids is 2. The maximum Gasteiger partial charge on any atom is 0.262 e. The van der Waals surface area contributed by atoms with Gasteiger partial charge in [0.15, 0.2) is 6.61 Å². The molecule has 1 unspecified atom stereocenters. The van der Waals surface area contributed by atoms with Gasteiger partial charge in [0.1, 0.15) is 11.8 Å². The standard InChI is InChI=1S/C13H16N4O3/c1-17-3-2-8(13(17)19)15-9-5-10-11(4-7(9)14)20-6-12(18)16-10/h4-5,8,15H,2-3,6,14H2,1H3,(H,16,18). The Hall–Kier alpha value is -2.44. The van der Waals surface area contributed by atoms with Crippen molar-refractivity contribution in [3.8, 4) is 5.75 Å². The molecule has 1 atom stereocenters. The van der Waals surface area contributed by atoms with Crippen LogP contribution in [-0.2, 0) is 9.59 Å². The second kappa shape index (κ2) is 4.59. The van der Waals surface area contributed by atoms with Gasteiger partial charge in [-0.15, -0.1) is 0 Å². The number of carbonyl (C=O) groups is 2. The predicted molar refractivity (Wildman–Crippen MR) is 74.6 cm³/mol. The summed E-state index contributed by atoms with van der Waals surface area (Å²) in [6, 6.07) is 3.08. The minimum absolute atomic E-state index is 0.00881. The maximum atomic E-state index is 11.9. The fourth-order valence-electron chi connectivity index (χ4n) is 2.41. The lowest BCUT2D eigenvalue weighted by molar-refractivity contribution is -0.127. The maximum absolute atomic E-state index is 11.9. The van der Waals surface area contributed by atoms with Crippen molar-refractivity contribution >= 4 is 28.9 Å². The number of anilines is 3. The van der Waals surface area contributed by atoms with E-state index in [0.717, 1.165) is 13.0 Å². The second-order valence-corrected chi connectivity index (χ2v) is 5.02. The van der Waals surface area contributed by atoms with Crippen molar-refractivity contribution in [1.29, 1.82) is 0 Å². The molecule has 1 fully saturated rings. The van der Waals surface area contributed by atoms with Crippen molar-refractivity contribution < 1.29 is 14.3 Å². The fourth-order valence-corrected chi connectivity index (χ4v) is 2.41. The minimum Gasteiger partial charge on any atom is -0.482 e. The molecule has 2 heterocycles. The Balaban J connectivity index is 1.85. The Kier molecular flexibility index (Phi) is 2.89. The van der Waals surface area contributed by atoms with Gasteiger partial charge in [-0.1, -0.05) is 0 Å². The van der Waals surface area contributed by atoms with Crippen LogP contribution in [0.3, 0.4) is 0 Å². The van der Waals surface area contributed by atoms with Crippen LogP contribution >= 0.6 is 0 Å². The van der Waals surface area contributed by atoms with E-state index in [4.69, 9.17) is 10.5 Å². The third-order valence-corrected chi connectivity index (χ3v) is 3.54. The van der Waals surface area contributed by atoms with Crippen LogP contribution in [0, 0.1) is 0 Å². The van der Waals surface area contributed by atoms with E-state index < -0.39 is 0 Å². The zero-order valence-electron chi connectivity index (χ0n) is 11.1. The smallest absolute Gasteiger partial charge is 0.262 e. The number of fused-ring (bicyclic) bond motifs is 1. The topological polar surface area (TPSA) is 96.7 Å². The molecular formula is C13H16N4O3. The van der Waals surface area contributed by atoms with E-state index >= 15 is 0 Å². The SMILES string of the molecule is CN1CCC(Nc2cc3c(cc2N)OCC(=O)N3)C1=O. The zero-order valence-corrected chi connectivity index (χ0v) is 11.1. The van der Waals surface area contributed by atoms with Gasteiger partial charge in [0.2, 0.25) is 5.91 Å². The van der Waals surface area contributed by atoms with Gasteiger partial charge >= 0.3 is 0 Å². The van der Waals surface area contributed by atoms with Crippen molar-refractivity contribution in [2.24, 2.45) is 0 Å². The van der Waals surface area contributed by atoms with Gasteiger partial charge in [-0.05, 0) is 12.5 Å². The Morgan fingerprint density at radius 3 is 2.95 bits per heavy atom. The number of likely N-dealkylation sites (N-methyl/N-ethyl adjacent to an activating group) is 1. The van der Waals surface area contributed by atoms with E-state index in [1.165, 1.54) is 0 Å². The first-order chi connectivity index (χ1) is 9.54. The Morgan fingerprint density at radius 1 is 1.45 bits per heavy atom. The lowest BCUT2D eigenvalue weighted by Gasteiger charge is -2.21. The normalized spacial score (nSPS) is 21.2. The molecule has 20 heavy (non-hydrogen) atoms. The van der Waals surface area contributed by atoms with E-state index in [9.17, 15) is 9.59 Å². The molecule has 4 N–H and O–H groups in total. The molecule has 106 valence electrons. The molecule has 0 saturated carbocycles. The van der Waals surface area contributed by atoms with Gasteiger partial charge in [-0.25, -0.2) is 0 Å². The number of nitrogen functional groups attached to an aromatic ring is 1. The number of ether oxygens (including phenoxy) is 1. The predicted octanol–water partition coefficient (Wildman–Crippen LogP) is 0.242. The number of nitrogens with zero attached hydrogens (tertiary/aromatic N) is 1. The average Bonchev–Trinajstić information content (AvgIpc) is 2.72. The molecule has 0 aromatic heterocycles. The molecule has 7 heteroatoms. The van der Waals surface area contributed by atoms with Crippen molar-refractivity contribution in [3.63, 3.8) is 0 Å². The summed E-state index contributed by atoms with van der Waals surface area (Å²) in [5, 5.41) is 5.85. The largest absolute Gasteiger partial charge is 0.482 e. The van der Waals surface area contributed by atoms with Crippen molar-refractivity contribution in [2.45, 2.75) is 12.5 Å². The first kappa shape index (κ1) is 12.6. The third kappa shape index (κ3) is 2.11. The Morgan fingerprint density at radius 2 is 2.25 bits per heavy atom.